The number of amides is 1. The Morgan fingerprint density at radius 1 is 1.11 bits per heavy atom. The SMILES string of the molecule is Cc1cccc2sc(N(Cc3ccccn3)C(=O)c3cccc(Br)c3)nc12. The van der Waals surface area contributed by atoms with Gasteiger partial charge in [0.1, 0.15) is 0 Å². The zero-order valence-corrected chi connectivity index (χ0v) is 17.0. The van der Waals surface area contributed by atoms with Crippen LogP contribution in [0.15, 0.2) is 71.3 Å². The molecule has 0 bridgehead atoms. The minimum absolute atomic E-state index is 0.0985. The molecule has 0 atom stereocenters. The summed E-state index contributed by atoms with van der Waals surface area (Å²) >= 11 is 4.96. The zero-order chi connectivity index (χ0) is 18.8. The highest BCUT2D eigenvalue weighted by Crippen LogP contribution is 2.32. The molecule has 0 saturated heterocycles. The molecule has 2 aromatic carbocycles. The highest BCUT2D eigenvalue weighted by molar-refractivity contribution is 9.10. The van der Waals surface area contributed by atoms with E-state index >= 15 is 0 Å². The van der Waals surface area contributed by atoms with Gasteiger partial charge >= 0.3 is 0 Å². The predicted octanol–water partition coefficient (Wildman–Crippen LogP) is 5.61. The van der Waals surface area contributed by atoms with E-state index in [9.17, 15) is 4.79 Å². The quantitative estimate of drug-likeness (QED) is 0.416. The molecule has 0 fully saturated rings. The van der Waals surface area contributed by atoms with Crippen molar-refractivity contribution >= 4 is 48.5 Å². The van der Waals surface area contributed by atoms with Gasteiger partial charge in [0.15, 0.2) is 5.13 Å². The number of benzene rings is 2. The summed E-state index contributed by atoms with van der Waals surface area (Å²) < 4.78 is 1.93. The van der Waals surface area contributed by atoms with Crippen LogP contribution in [0.4, 0.5) is 5.13 Å². The largest absolute Gasteiger partial charge is 0.278 e. The molecule has 0 N–H and O–H groups in total. The van der Waals surface area contributed by atoms with Crippen LogP contribution < -0.4 is 4.90 Å². The van der Waals surface area contributed by atoms with E-state index in [4.69, 9.17) is 4.98 Å². The number of hydrogen-bond acceptors (Lipinski definition) is 4. The van der Waals surface area contributed by atoms with Gasteiger partial charge in [-0.05, 0) is 48.9 Å². The van der Waals surface area contributed by atoms with Gasteiger partial charge in [0.25, 0.3) is 5.91 Å². The number of aryl methyl sites for hydroxylation is 1. The molecule has 6 heteroatoms. The van der Waals surface area contributed by atoms with Gasteiger partial charge in [-0.1, -0.05) is 51.5 Å². The lowest BCUT2D eigenvalue weighted by molar-refractivity contribution is 0.0984. The lowest BCUT2D eigenvalue weighted by Crippen LogP contribution is -2.30. The third-order valence-corrected chi connectivity index (χ3v) is 5.74. The van der Waals surface area contributed by atoms with Crippen LogP contribution in [0.2, 0.25) is 0 Å². The van der Waals surface area contributed by atoms with Gasteiger partial charge in [0, 0.05) is 16.2 Å². The molecule has 0 unspecified atom stereocenters. The van der Waals surface area contributed by atoms with E-state index in [0.717, 1.165) is 25.9 Å². The third-order valence-electron chi connectivity index (χ3n) is 4.20. The number of pyridine rings is 1. The standard InChI is InChI=1S/C21H16BrN3OS/c1-14-6-4-10-18-19(14)24-21(27-18)25(13-17-9-2-3-11-23-17)20(26)15-7-5-8-16(22)12-15/h2-12H,13H2,1H3. The van der Waals surface area contributed by atoms with E-state index in [2.05, 4.69) is 20.9 Å². The van der Waals surface area contributed by atoms with Gasteiger partial charge in [0.2, 0.25) is 0 Å². The first-order chi connectivity index (χ1) is 13.1. The first kappa shape index (κ1) is 17.8. The van der Waals surface area contributed by atoms with Crippen molar-refractivity contribution in [2.24, 2.45) is 0 Å². The molecular formula is C21H16BrN3OS. The van der Waals surface area contributed by atoms with Gasteiger partial charge < -0.3 is 0 Å². The molecule has 1 amide bonds. The fourth-order valence-electron chi connectivity index (χ4n) is 2.85. The van der Waals surface area contributed by atoms with Crippen LogP contribution in [-0.2, 0) is 6.54 Å². The number of fused-ring (bicyclic) bond motifs is 1. The monoisotopic (exact) mass is 437 g/mol. The van der Waals surface area contributed by atoms with Crippen molar-refractivity contribution in [3.63, 3.8) is 0 Å². The van der Waals surface area contributed by atoms with E-state index in [-0.39, 0.29) is 5.91 Å². The van der Waals surface area contributed by atoms with E-state index < -0.39 is 0 Å². The van der Waals surface area contributed by atoms with Crippen LogP contribution in [-0.4, -0.2) is 15.9 Å². The van der Waals surface area contributed by atoms with Crippen molar-refractivity contribution < 1.29 is 4.79 Å². The number of carbonyl (C=O) groups excluding carboxylic acids is 1. The first-order valence-corrected chi connectivity index (χ1v) is 10.1. The van der Waals surface area contributed by atoms with Crippen molar-refractivity contribution in [1.29, 1.82) is 0 Å². The zero-order valence-electron chi connectivity index (χ0n) is 14.6. The van der Waals surface area contributed by atoms with Crippen LogP contribution in [0.5, 0.6) is 0 Å². The second-order valence-corrected chi connectivity index (χ2v) is 8.07. The lowest BCUT2D eigenvalue weighted by Gasteiger charge is -2.19. The Morgan fingerprint density at radius 2 is 1.96 bits per heavy atom. The molecule has 2 heterocycles. The summed E-state index contributed by atoms with van der Waals surface area (Å²) in [6.07, 6.45) is 1.74. The normalized spacial score (nSPS) is 10.9. The number of aromatic nitrogens is 2. The molecular weight excluding hydrogens is 422 g/mol. The molecule has 134 valence electrons. The summed E-state index contributed by atoms with van der Waals surface area (Å²) in [6.45, 7) is 2.40. The van der Waals surface area contributed by atoms with E-state index in [1.165, 1.54) is 11.3 Å². The third kappa shape index (κ3) is 3.77. The summed E-state index contributed by atoms with van der Waals surface area (Å²) in [5, 5.41) is 0.676. The number of para-hydroxylation sites is 1. The van der Waals surface area contributed by atoms with Gasteiger partial charge in [-0.3, -0.25) is 14.7 Å². The van der Waals surface area contributed by atoms with Crippen LogP contribution in [0.25, 0.3) is 10.2 Å². The highest BCUT2D eigenvalue weighted by atomic mass is 79.9. The molecule has 4 nitrogen and oxygen atoms in total. The average Bonchev–Trinajstić information content (AvgIpc) is 3.12. The van der Waals surface area contributed by atoms with Crippen LogP contribution in [0.1, 0.15) is 21.6 Å². The van der Waals surface area contributed by atoms with Crippen molar-refractivity contribution in [2.75, 3.05) is 4.90 Å². The Bertz CT molecular complexity index is 1110. The minimum Gasteiger partial charge on any atom is -0.278 e. The van der Waals surface area contributed by atoms with Gasteiger partial charge in [0.05, 0.1) is 22.5 Å². The molecule has 0 spiro atoms. The average molecular weight is 438 g/mol. The Kier molecular flexibility index (Phi) is 5.01. The Labute approximate surface area is 169 Å². The van der Waals surface area contributed by atoms with Crippen molar-refractivity contribution in [3.05, 3.63) is 88.2 Å². The highest BCUT2D eigenvalue weighted by Gasteiger charge is 2.22. The molecule has 0 radical (unpaired) electrons. The van der Waals surface area contributed by atoms with Gasteiger partial charge in [-0.25, -0.2) is 4.98 Å². The van der Waals surface area contributed by atoms with E-state index in [1.807, 2.05) is 67.6 Å². The van der Waals surface area contributed by atoms with Gasteiger partial charge in [-0.2, -0.15) is 0 Å². The summed E-state index contributed by atoms with van der Waals surface area (Å²) in [4.78, 5) is 24.2. The van der Waals surface area contributed by atoms with Crippen molar-refractivity contribution in [2.45, 2.75) is 13.5 Å². The summed E-state index contributed by atoms with van der Waals surface area (Å²) in [5.74, 6) is -0.0985. The van der Waals surface area contributed by atoms with E-state index in [1.54, 1.807) is 11.1 Å². The van der Waals surface area contributed by atoms with E-state index in [0.29, 0.717) is 17.2 Å². The summed E-state index contributed by atoms with van der Waals surface area (Å²) in [5.41, 5.74) is 3.46. The van der Waals surface area contributed by atoms with Crippen LogP contribution in [0, 0.1) is 6.92 Å². The number of anilines is 1. The van der Waals surface area contributed by atoms with Crippen molar-refractivity contribution in [1.82, 2.24) is 9.97 Å². The number of thiazole rings is 1. The molecule has 0 aliphatic rings. The topological polar surface area (TPSA) is 46.1 Å². The second-order valence-electron chi connectivity index (χ2n) is 6.14. The van der Waals surface area contributed by atoms with Crippen molar-refractivity contribution in [3.8, 4) is 0 Å². The maximum absolute atomic E-state index is 13.3. The number of carbonyl (C=O) groups is 1. The molecule has 4 aromatic rings. The maximum Gasteiger partial charge on any atom is 0.260 e. The van der Waals surface area contributed by atoms with Gasteiger partial charge in [-0.15, -0.1) is 0 Å². The minimum atomic E-state index is -0.0985. The molecule has 0 aliphatic heterocycles. The number of rotatable bonds is 4. The second kappa shape index (κ2) is 7.58. The smallest absolute Gasteiger partial charge is 0.260 e. The lowest BCUT2D eigenvalue weighted by atomic mass is 10.2. The maximum atomic E-state index is 13.3. The first-order valence-electron chi connectivity index (χ1n) is 8.45. The number of hydrogen-bond donors (Lipinski definition) is 0. The Morgan fingerprint density at radius 3 is 2.70 bits per heavy atom. The number of nitrogens with zero attached hydrogens (tertiary/aromatic N) is 3. The fraction of sp³-hybridized carbons (Fsp3) is 0.0952. The molecule has 4 rings (SSSR count). The predicted molar refractivity (Wildman–Crippen MR) is 113 cm³/mol. The summed E-state index contributed by atoms with van der Waals surface area (Å²) in [7, 11) is 0. The van der Waals surface area contributed by atoms with Crippen LogP contribution >= 0.6 is 27.3 Å². The molecule has 2 aromatic heterocycles. The molecule has 0 aliphatic carbocycles. The molecule has 27 heavy (non-hydrogen) atoms. The van der Waals surface area contributed by atoms with Crippen LogP contribution in [0.3, 0.4) is 0 Å². The summed E-state index contributed by atoms with van der Waals surface area (Å²) in [6, 6.07) is 19.2. The Balaban J connectivity index is 1.79. The molecule has 0 saturated carbocycles. The Hall–Kier alpha value is -2.57. The number of halogens is 1. The fourth-order valence-corrected chi connectivity index (χ4v) is 4.29.